The molecule has 0 aromatic rings. The first-order valence-corrected chi connectivity index (χ1v) is 7.88. The Bertz CT molecular complexity index is 199. The zero-order valence-corrected chi connectivity index (χ0v) is 12.3. The van der Waals surface area contributed by atoms with Crippen LogP contribution in [0.1, 0.15) is 52.4 Å². The first kappa shape index (κ1) is 15.9. The molecular weight excluding hydrogens is 224 g/mol. The van der Waals surface area contributed by atoms with E-state index in [-0.39, 0.29) is 0 Å². The Morgan fingerprint density at radius 2 is 2.00 bits per heavy atom. The molecule has 0 spiro atoms. The predicted molar refractivity (Wildman–Crippen MR) is 77.9 cm³/mol. The number of nitrogens with one attached hydrogen (secondary N) is 1. The molecule has 1 aliphatic carbocycles. The monoisotopic (exact) mass is 256 g/mol. The average Bonchev–Trinajstić information content (AvgIpc) is 2.42. The van der Waals surface area contributed by atoms with Crippen LogP contribution in [-0.4, -0.2) is 48.8 Å². The van der Waals surface area contributed by atoms with Gasteiger partial charge >= 0.3 is 0 Å². The lowest BCUT2D eigenvalue weighted by Gasteiger charge is -2.36. The lowest BCUT2D eigenvalue weighted by atomic mass is 9.84. The highest BCUT2D eigenvalue weighted by Crippen LogP contribution is 2.25. The van der Waals surface area contributed by atoms with Crippen LogP contribution < -0.4 is 5.32 Å². The maximum atomic E-state index is 8.95. The Hall–Kier alpha value is -0.120. The summed E-state index contributed by atoms with van der Waals surface area (Å²) in [6.07, 6.45) is 7.64. The Kier molecular flexibility index (Phi) is 8.64. The molecule has 0 heterocycles. The summed E-state index contributed by atoms with van der Waals surface area (Å²) < 4.78 is 0. The van der Waals surface area contributed by atoms with Crippen LogP contribution in [0.5, 0.6) is 0 Å². The summed E-state index contributed by atoms with van der Waals surface area (Å²) in [5.74, 6) is 0.809. The van der Waals surface area contributed by atoms with E-state index in [0.717, 1.165) is 38.0 Å². The molecule has 1 fully saturated rings. The van der Waals surface area contributed by atoms with Crippen molar-refractivity contribution in [1.29, 1.82) is 0 Å². The zero-order valence-electron chi connectivity index (χ0n) is 12.3. The van der Waals surface area contributed by atoms with Gasteiger partial charge in [0.25, 0.3) is 0 Å². The van der Waals surface area contributed by atoms with Crippen molar-refractivity contribution in [1.82, 2.24) is 10.2 Å². The van der Waals surface area contributed by atoms with Gasteiger partial charge in [0.2, 0.25) is 0 Å². The fraction of sp³-hybridized carbons (Fsp3) is 1.00. The number of hydrogen-bond donors (Lipinski definition) is 2. The summed E-state index contributed by atoms with van der Waals surface area (Å²) >= 11 is 0. The van der Waals surface area contributed by atoms with Crippen LogP contribution in [0.4, 0.5) is 0 Å². The number of nitrogens with zero attached hydrogens (tertiary/aromatic N) is 1. The van der Waals surface area contributed by atoms with E-state index in [9.17, 15) is 0 Å². The molecule has 0 bridgehead atoms. The van der Waals surface area contributed by atoms with E-state index in [1.165, 1.54) is 38.6 Å². The standard InChI is InChI=1S/C15H32N2O/c1-3-10-16-15-9-6-5-8-14(15)13-17(4-2)11-7-12-18/h14-16,18H,3-13H2,1-2H3. The molecule has 3 nitrogen and oxygen atoms in total. The number of aliphatic hydroxyl groups is 1. The SMILES string of the molecule is CCCNC1CCCCC1CN(CC)CCCO. The van der Waals surface area contributed by atoms with Gasteiger partial charge in [-0.3, -0.25) is 0 Å². The van der Waals surface area contributed by atoms with Crippen molar-refractivity contribution < 1.29 is 5.11 Å². The van der Waals surface area contributed by atoms with Crippen LogP contribution in [0.25, 0.3) is 0 Å². The first-order chi connectivity index (χ1) is 8.81. The molecule has 18 heavy (non-hydrogen) atoms. The minimum absolute atomic E-state index is 0.318. The van der Waals surface area contributed by atoms with Crippen molar-refractivity contribution in [3.8, 4) is 0 Å². The van der Waals surface area contributed by atoms with Crippen LogP contribution in [0.2, 0.25) is 0 Å². The molecule has 0 radical (unpaired) electrons. The van der Waals surface area contributed by atoms with Gasteiger partial charge in [-0.25, -0.2) is 0 Å². The van der Waals surface area contributed by atoms with Crippen LogP contribution in [0.15, 0.2) is 0 Å². The van der Waals surface area contributed by atoms with E-state index in [1.54, 1.807) is 0 Å². The summed E-state index contributed by atoms with van der Waals surface area (Å²) in [6, 6.07) is 0.724. The molecule has 3 heteroatoms. The minimum Gasteiger partial charge on any atom is -0.396 e. The van der Waals surface area contributed by atoms with E-state index in [2.05, 4.69) is 24.1 Å². The molecule has 0 saturated heterocycles. The van der Waals surface area contributed by atoms with Gasteiger partial charge in [-0.05, 0) is 44.7 Å². The Balaban J connectivity index is 2.38. The topological polar surface area (TPSA) is 35.5 Å². The van der Waals surface area contributed by atoms with Crippen molar-refractivity contribution in [3.05, 3.63) is 0 Å². The van der Waals surface area contributed by atoms with E-state index in [0.29, 0.717) is 6.61 Å². The van der Waals surface area contributed by atoms with Crippen LogP contribution in [-0.2, 0) is 0 Å². The van der Waals surface area contributed by atoms with Crippen molar-refractivity contribution in [2.24, 2.45) is 5.92 Å². The minimum atomic E-state index is 0.318. The second-order valence-corrected chi connectivity index (χ2v) is 5.58. The predicted octanol–water partition coefficient (Wildman–Crippen LogP) is 2.25. The van der Waals surface area contributed by atoms with Gasteiger partial charge in [0, 0.05) is 25.7 Å². The van der Waals surface area contributed by atoms with Crippen molar-refractivity contribution >= 4 is 0 Å². The van der Waals surface area contributed by atoms with E-state index in [4.69, 9.17) is 5.11 Å². The molecule has 1 saturated carbocycles. The fourth-order valence-corrected chi connectivity index (χ4v) is 3.03. The second kappa shape index (κ2) is 9.76. The van der Waals surface area contributed by atoms with Crippen LogP contribution >= 0.6 is 0 Å². The van der Waals surface area contributed by atoms with Gasteiger partial charge in [0.05, 0.1) is 0 Å². The largest absolute Gasteiger partial charge is 0.396 e. The van der Waals surface area contributed by atoms with Gasteiger partial charge in [-0.1, -0.05) is 26.7 Å². The van der Waals surface area contributed by atoms with Gasteiger partial charge in [-0.15, -0.1) is 0 Å². The summed E-state index contributed by atoms with van der Waals surface area (Å²) in [5, 5.41) is 12.7. The molecule has 0 aromatic heterocycles. The van der Waals surface area contributed by atoms with Crippen molar-refractivity contribution in [2.45, 2.75) is 58.4 Å². The molecule has 1 aliphatic rings. The molecule has 2 atom stereocenters. The second-order valence-electron chi connectivity index (χ2n) is 5.58. The Morgan fingerprint density at radius 1 is 1.22 bits per heavy atom. The quantitative estimate of drug-likeness (QED) is 0.664. The normalized spacial score (nSPS) is 24.7. The van der Waals surface area contributed by atoms with Crippen molar-refractivity contribution in [2.75, 3.05) is 32.8 Å². The highest BCUT2D eigenvalue weighted by Gasteiger charge is 2.25. The Morgan fingerprint density at radius 3 is 2.67 bits per heavy atom. The summed E-state index contributed by atoms with van der Waals surface area (Å²) in [6.45, 7) is 9.31. The maximum absolute atomic E-state index is 8.95. The van der Waals surface area contributed by atoms with Crippen molar-refractivity contribution in [3.63, 3.8) is 0 Å². The van der Waals surface area contributed by atoms with Crippen LogP contribution in [0, 0.1) is 5.92 Å². The molecule has 108 valence electrons. The third-order valence-electron chi connectivity index (χ3n) is 4.14. The summed E-state index contributed by atoms with van der Waals surface area (Å²) in [4.78, 5) is 2.51. The molecule has 0 aliphatic heterocycles. The molecular formula is C15H32N2O. The maximum Gasteiger partial charge on any atom is 0.0443 e. The van der Waals surface area contributed by atoms with E-state index in [1.807, 2.05) is 0 Å². The summed E-state index contributed by atoms with van der Waals surface area (Å²) in [7, 11) is 0. The molecule has 2 unspecified atom stereocenters. The molecule has 2 N–H and O–H groups in total. The Labute approximate surface area is 113 Å². The smallest absolute Gasteiger partial charge is 0.0443 e. The number of aliphatic hydroxyl groups excluding tert-OH is 1. The lowest BCUT2D eigenvalue weighted by molar-refractivity contribution is 0.161. The van der Waals surface area contributed by atoms with Gasteiger partial charge in [-0.2, -0.15) is 0 Å². The van der Waals surface area contributed by atoms with Crippen LogP contribution in [0.3, 0.4) is 0 Å². The number of hydrogen-bond acceptors (Lipinski definition) is 3. The highest BCUT2D eigenvalue weighted by molar-refractivity contribution is 4.83. The number of rotatable bonds is 9. The third kappa shape index (κ3) is 5.68. The van der Waals surface area contributed by atoms with E-state index >= 15 is 0 Å². The molecule has 0 aromatic carbocycles. The molecule has 0 amide bonds. The lowest BCUT2D eigenvalue weighted by Crippen LogP contribution is -2.44. The molecule has 1 rings (SSSR count). The third-order valence-corrected chi connectivity index (χ3v) is 4.14. The van der Waals surface area contributed by atoms with Gasteiger partial charge < -0.3 is 15.3 Å². The zero-order chi connectivity index (χ0) is 13.2. The van der Waals surface area contributed by atoms with E-state index < -0.39 is 0 Å². The van der Waals surface area contributed by atoms with Gasteiger partial charge in [0.1, 0.15) is 0 Å². The van der Waals surface area contributed by atoms with Gasteiger partial charge in [0.15, 0.2) is 0 Å². The average molecular weight is 256 g/mol. The highest BCUT2D eigenvalue weighted by atomic mass is 16.3. The fourth-order valence-electron chi connectivity index (χ4n) is 3.03. The summed E-state index contributed by atoms with van der Waals surface area (Å²) in [5.41, 5.74) is 0. The first-order valence-electron chi connectivity index (χ1n) is 7.88.